The monoisotopic (exact) mass is 394 g/mol. The number of methoxy groups -OCH3 is 1. The zero-order valence-corrected chi connectivity index (χ0v) is 17.4. The highest BCUT2D eigenvalue weighted by Crippen LogP contribution is 2.40. The van der Waals surface area contributed by atoms with Crippen LogP contribution < -0.4 is 9.47 Å². The lowest BCUT2D eigenvalue weighted by Crippen LogP contribution is -2.54. The third-order valence-electron chi connectivity index (χ3n) is 6.80. The number of nitrogens with zero attached hydrogens (tertiary/aromatic N) is 2. The van der Waals surface area contributed by atoms with E-state index in [1.807, 2.05) is 6.07 Å². The molecule has 154 valence electrons. The van der Waals surface area contributed by atoms with Crippen molar-refractivity contribution in [3.8, 4) is 22.8 Å². The van der Waals surface area contributed by atoms with Crippen LogP contribution in [0.1, 0.15) is 50.3 Å². The van der Waals surface area contributed by atoms with Gasteiger partial charge in [0.15, 0.2) is 0 Å². The number of pyridine rings is 1. The van der Waals surface area contributed by atoms with Gasteiger partial charge in [-0.3, -0.25) is 4.90 Å². The van der Waals surface area contributed by atoms with Gasteiger partial charge in [-0.05, 0) is 43.0 Å². The maximum atomic E-state index is 6.44. The second kappa shape index (κ2) is 7.62. The van der Waals surface area contributed by atoms with Crippen LogP contribution in [0.15, 0.2) is 30.3 Å². The highest BCUT2D eigenvalue weighted by Gasteiger charge is 2.42. The number of benzene rings is 1. The first-order valence-corrected chi connectivity index (χ1v) is 10.9. The van der Waals surface area contributed by atoms with E-state index < -0.39 is 5.79 Å². The standard InChI is InChI=1S/C24H30N2O3/c1-3-21-20(8-10-23(25-21)27-2)17-7-9-22-18(15-17)16-28-24(29-22)11-13-26(14-12-24)19-5-4-6-19/h7-10,15,19H,3-6,11-14,16H2,1-2H3. The van der Waals surface area contributed by atoms with Crippen molar-refractivity contribution in [3.63, 3.8) is 0 Å². The number of piperidine rings is 1. The molecule has 1 saturated carbocycles. The Morgan fingerprint density at radius 3 is 2.69 bits per heavy atom. The van der Waals surface area contributed by atoms with E-state index in [2.05, 4.69) is 41.1 Å². The summed E-state index contributed by atoms with van der Waals surface area (Å²) >= 11 is 0. The van der Waals surface area contributed by atoms with Gasteiger partial charge in [0.25, 0.3) is 0 Å². The maximum Gasteiger partial charge on any atom is 0.213 e. The first-order chi connectivity index (χ1) is 14.2. The number of fused-ring (bicyclic) bond motifs is 1. The second-order valence-corrected chi connectivity index (χ2v) is 8.45. The zero-order valence-electron chi connectivity index (χ0n) is 17.4. The van der Waals surface area contributed by atoms with Crippen molar-refractivity contribution >= 4 is 0 Å². The molecule has 1 aliphatic carbocycles. The molecule has 0 amide bonds. The van der Waals surface area contributed by atoms with Gasteiger partial charge >= 0.3 is 0 Å². The molecular formula is C24H30N2O3. The molecular weight excluding hydrogens is 364 g/mol. The van der Waals surface area contributed by atoms with E-state index in [9.17, 15) is 0 Å². The van der Waals surface area contributed by atoms with Crippen LogP contribution in [0.2, 0.25) is 0 Å². The molecule has 0 N–H and O–H groups in total. The molecule has 1 aromatic carbocycles. The van der Waals surface area contributed by atoms with E-state index in [0.29, 0.717) is 12.5 Å². The lowest BCUT2D eigenvalue weighted by Gasteiger charge is -2.47. The Hall–Kier alpha value is -2.11. The molecule has 5 nitrogen and oxygen atoms in total. The summed E-state index contributed by atoms with van der Waals surface area (Å²) < 4.78 is 18.0. The van der Waals surface area contributed by atoms with E-state index in [0.717, 1.165) is 66.5 Å². The molecule has 5 rings (SSSR count). The normalized spacial score (nSPS) is 21.3. The van der Waals surface area contributed by atoms with Crippen LogP contribution >= 0.6 is 0 Å². The molecule has 0 radical (unpaired) electrons. The number of hydrogen-bond donors (Lipinski definition) is 0. The van der Waals surface area contributed by atoms with Crippen LogP contribution in [0, 0.1) is 0 Å². The van der Waals surface area contributed by atoms with Gasteiger partial charge in [-0.2, -0.15) is 0 Å². The molecule has 2 aromatic rings. The van der Waals surface area contributed by atoms with Crippen molar-refractivity contribution in [3.05, 3.63) is 41.6 Å². The minimum atomic E-state index is -0.439. The molecule has 0 unspecified atom stereocenters. The Kier molecular flexibility index (Phi) is 4.96. The molecule has 3 heterocycles. The van der Waals surface area contributed by atoms with Gasteiger partial charge in [-0.1, -0.05) is 19.4 Å². The Morgan fingerprint density at radius 1 is 1.17 bits per heavy atom. The average Bonchev–Trinajstić information content (AvgIpc) is 2.73. The lowest BCUT2D eigenvalue weighted by molar-refractivity contribution is -0.231. The van der Waals surface area contributed by atoms with Gasteiger partial charge in [0, 0.05) is 49.2 Å². The predicted octanol–water partition coefficient (Wildman–Crippen LogP) is 4.57. The van der Waals surface area contributed by atoms with E-state index in [4.69, 9.17) is 14.2 Å². The largest absolute Gasteiger partial charge is 0.481 e. The second-order valence-electron chi connectivity index (χ2n) is 8.45. The first kappa shape index (κ1) is 18.9. The van der Waals surface area contributed by atoms with Crippen molar-refractivity contribution in [1.82, 2.24) is 9.88 Å². The van der Waals surface area contributed by atoms with E-state index in [1.54, 1.807) is 7.11 Å². The molecule has 0 bridgehead atoms. The molecule has 5 heteroatoms. The smallest absolute Gasteiger partial charge is 0.213 e. The van der Waals surface area contributed by atoms with Crippen LogP contribution in [0.5, 0.6) is 11.6 Å². The number of hydrogen-bond acceptors (Lipinski definition) is 5. The van der Waals surface area contributed by atoms with Gasteiger partial charge in [-0.25, -0.2) is 4.98 Å². The molecule has 1 spiro atoms. The molecule has 1 saturated heterocycles. The Balaban J connectivity index is 1.34. The van der Waals surface area contributed by atoms with E-state index in [1.165, 1.54) is 19.3 Å². The van der Waals surface area contributed by atoms with Gasteiger partial charge in [-0.15, -0.1) is 0 Å². The quantitative estimate of drug-likeness (QED) is 0.760. The fourth-order valence-electron chi connectivity index (χ4n) is 4.75. The van der Waals surface area contributed by atoms with Crippen molar-refractivity contribution < 1.29 is 14.2 Å². The van der Waals surface area contributed by atoms with Gasteiger partial charge in [0.05, 0.1) is 19.4 Å². The molecule has 29 heavy (non-hydrogen) atoms. The topological polar surface area (TPSA) is 43.8 Å². The van der Waals surface area contributed by atoms with Crippen molar-refractivity contribution in [2.45, 2.75) is 63.9 Å². The third-order valence-corrected chi connectivity index (χ3v) is 6.80. The number of ether oxygens (including phenoxy) is 3. The fraction of sp³-hybridized carbons (Fsp3) is 0.542. The minimum Gasteiger partial charge on any atom is -0.481 e. The first-order valence-electron chi connectivity index (χ1n) is 10.9. The van der Waals surface area contributed by atoms with Crippen LogP contribution in [0.3, 0.4) is 0 Å². The number of rotatable bonds is 4. The summed E-state index contributed by atoms with van der Waals surface area (Å²) in [6.07, 6.45) is 6.87. The summed E-state index contributed by atoms with van der Waals surface area (Å²) in [4.78, 5) is 7.24. The Labute approximate surface area is 173 Å². The minimum absolute atomic E-state index is 0.439. The van der Waals surface area contributed by atoms with Crippen LogP contribution in [0.25, 0.3) is 11.1 Å². The Bertz CT molecular complexity index is 886. The van der Waals surface area contributed by atoms with E-state index >= 15 is 0 Å². The fourth-order valence-corrected chi connectivity index (χ4v) is 4.75. The highest BCUT2D eigenvalue weighted by atomic mass is 16.7. The molecule has 1 aromatic heterocycles. The average molecular weight is 395 g/mol. The summed E-state index contributed by atoms with van der Waals surface area (Å²) in [5.74, 6) is 1.19. The third kappa shape index (κ3) is 3.51. The van der Waals surface area contributed by atoms with Crippen LogP contribution in [-0.2, 0) is 17.8 Å². The molecule has 3 aliphatic rings. The predicted molar refractivity (Wildman–Crippen MR) is 112 cm³/mol. The molecule has 2 fully saturated rings. The lowest BCUT2D eigenvalue weighted by atomic mass is 9.89. The van der Waals surface area contributed by atoms with Gasteiger partial charge < -0.3 is 14.2 Å². The van der Waals surface area contributed by atoms with Gasteiger partial charge in [0.2, 0.25) is 11.7 Å². The molecule has 0 atom stereocenters. The highest BCUT2D eigenvalue weighted by molar-refractivity contribution is 5.68. The SMILES string of the molecule is CCc1nc(OC)ccc1-c1ccc2c(c1)COC1(CCN(C3CCC3)CC1)O2. The number of aryl methyl sites for hydroxylation is 1. The number of likely N-dealkylation sites (tertiary alicyclic amines) is 1. The summed E-state index contributed by atoms with van der Waals surface area (Å²) in [7, 11) is 1.65. The van der Waals surface area contributed by atoms with Crippen molar-refractivity contribution in [2.24, 2.45) is 0 Å². The van der Waals surface area contributed by atoms with Crippen LogP contribution in [0.4, 0.5) is 0 Å². The Morgan fingerprint density at radius 2 is 2.00 bits per heavy atom. The van der Waals surface area contributed by atoms with Crippen LogP contribution in [-0.4, -0.2) is 41.9 Å². The van der Waals surface area contributed by atoms with Gasteiger partial charge in [0.1, 0.15) is 5.75 Å². The molecule has 2 aliphatic heterocycles. The zero-order chi connectivity index (χ0) is 19.8. The number of aromatic nitrogens is 1. The van der Waals surface area contributed by atoms with Crippen molar-refractivity contribution in [1.29, 1.82) is 0 Å². The summed E-state index contributed by atoms with van der Waals surface area (Å²) in [6, 6.07) is 11.3. The maximum absolute atomic E-state index is 6.44. The van der Waals surface area contributed by atoms with E-state index in [-0.39, 0.29) is 0 Å². The van der Waals surface area contributed by atoms with Crippen molar-refractivity contribution in [2.75, 3.05) is 20.2 Å². The summed E-state index contributed by atoms with van der Waals surface area (Å²) in [6.45, 7) is 4.89. The summed E-state index contributed by atoms with van der Waals surface area (Å²) in [5.41, 5.74) is 4.46. The summed E-state index contributed by atoms with van der Waals surface area (Å²) in [5, 5.41) is 0.